The zero-order chi connectivity index (χ0) is 17.1. The molecule has 2 fully saturated rings. The van der Waals surface area contributed by atoms with E-state index in [1.807, 2.05) is 24.1 Å². The number of aromatic nitrogens is 1. The van der Waals surface area contributed by atoms with E-state index in [1.165, 1.54) is 30.7 Å². The lowest BCUT2D eigenvalue weighted by atomic mass is 10.2. The molecule has 0 spiro atoms. The molecule has 1 aliphatic heterocycles. The third-order valence-electron chi connectivity index (χ3n) is 4.58. The van der Waals surface area contributed by atoms with Gasteiger partial charge in [-0.3, -0.25) is 14.5 Å². The molecule has 7 heteroatoms. The summed E-state index contributed by atoms with van der Waals surface area (Å²) in [5.74, 6) is 0.912. The van der Waals surface area contributed by atoms with Crippen molar-refractivity contribution >= 4 is 28.3 Å². The Labute approximate surface area is 147 Å². The predicted octanol–water partition coefficient (Wildman–Crippen LogP) is 1.83. The molecule has 2 heterocycles. The first-order valence-corrected chi connectivity index (χ1v) is 9.64. The van der Waals surface area contributed by atoms with Gasteiger partial charge in [-0.15, -0.1) is 11.3 Å². The Morgan fingerprint density at radius 1 is 1.29 bits per heavy atom. The number of thiazole rings is 1. The van der Waals surface area contributed by atoms with E-state index in [9.17, 15) is 9.59 Å². The monoisotopic (exact) mass is 350 g/mol. The van der Waals surface area contributed by atoms with Crippen molar-refractivity contribution in [2.24, 2.45) is 11.8 Å². The van der Waals surface area contributed by atoms with Gasteiger partial charge in [0.15, 0.2) is 5.13 Å². The molecule has 0 radical (unpaired) electrons. The van der Waals surface area contributed by atoms with E-state index < -0.39 is 0 Å². The molecular weight excluding hydrogens is 324 g/mol. The van der Waals surface area contributed by atoms with Gasteiger partial charge in [0.2, 0.25) is 11.8 Å². The maximum atomic E-state index is 12.4. The van der Waals surface area contributed by atoms with Crippen molar-refractivity contribution in [3.8, 4) is 0 Å². The average Bonchev–Trinajstić information content (AvgIpc) is 3.26. The molecule has 132 valence electrons. The van der Waals surface area contributed by atoms with Gasteiger partial charge in [-0.05, 0) is 18.8 Å². The quantitative estimate of drug-likeness (QED) is 0.850. The Morgan fingerprint density at radius 3 is 2.62 bits per heavy atom. The second kappa shape index (κ2) is 7.61. The van der Waals surface area contributed by atoms with Crippen molar-refractivity contribution in [1.29, 1.82) is 0 Å². The summed E-state index contributed by atoms with van der Waals surface area (Å²) < 4.78 is 0. The number of nitrogens with zero attached hydrogens (tertiary/aromatic N) is 3. The average molecular weight is 350 g/mol. The Kier molecular flexibility index (Phi) is 5.50. The SMILES string of the molecule is CC(C)C(=O)Nc1nc(CC(=O)N2CCN(CC3CC3)CC2)cs1. The molecule has 1 aromatic heterocycles. The largest absolute Gasteiger partial charge is 0.340 e. The van der Waals surface area contributed by atoms with Crippen molar-refractivity contribution in [2.45, 2.75) is 33.1 Å². The topological polar surface area (TPSA) is 65.5 Å². The summed E-state index contributed by atoms with van der Waals surface area (Å²) in [7, 11) is 0. The molecule has 1 saturated carbocycles. The molecule has 1 N–H and O–H groups in total. The molecule has 24 heavy (non-hydrogen) atoms. The molecule has 2 aliphatic rings. The van der Waals surface area contributed by atoms with E-state index in [-0.39, 0.29) is 17.7 Å². The molecule has 0 aromatic carbocycles. The zero-order valence-corrected chi connectivity index (χ0v) is 15.3. The zero-order valence-electron chi connectivity index (χ0n) is 14.5. The minimum Gasteiger partial charge on any atom is -0.340 e. The number of anilines is 1. The highest BCUT2D eigenvalue weighted by atomic mass is 32.1. The summed E-state index contributed by atoms with van der Waals surface area (Å²) in [5, 5.41) is 5.21. The first-order valence-electron chi connectivity index (χ1n) is 8.76. The lowest BCUT2D eigenvalue weighted by Gasteiger charge is -2.34. The number of hydrogen-bond acceptors (Lipinski definition) is 5. The molecule has 1 aromatic rings. The summed E-state index contributed by atoms with van der Waals surface area (Å²) >= 11 is 1.38. The second-order valence-corrected chi connectivity index (χ2v) is 7.95. The minimum atomic E-state index is -0.0779. The molecular formula is C17H26N4O2S. The van der Waals surface area contributed by atoms with Crippen molar-refractivity contribution in [2.75, 3.05) is 38.0 Å². The number of nitrogens with one attached hydrogen (secondary N) is 1. The number of amides is 2. The summed E-state index contributed by atoms with van der Waals surface area (Å²) in [6.45, 7) is 8.47. The third-order valence-corrected chi connectivity index (χ3v) is 5.38. The van der Waals surface area contributed by atoms with Crippen LogP contribution in [0.3, 0.4) is 0 Å². The summed E-state index contributed by atoms with van der Waals surface area (Å²) in [6.07, 6.45) is 3.06. The van der Waals surface area contributed by atoms with Crippen LogP contribution in [-0.4, -0.2) is 59.3 Å². The highest BCUT2D eigenvalue weighted by Crippen LogP contribution is 2.30. The van der Waals surface area contributed by atoms with E-state index in [2.05, 4.69) is 15.2 Å². The van der Waals surface area contributed by atoms with Gasteiger partial charge in [-0.25, -0.2) is 4.98 Å². The van der Waals surface area contributed by atoms with Crippen LogP contribution < -0.4 is 5.32 Å². The van der Waals surface area contributed by atoms with Crippen molar-refractivity contribution in [3.05, 3.63) is 11.1 Å². The highest BCUT2D eigenvalue weighted by molar-refractivity contribution is 7.13. The van der Waals surface area contributed by atoms with Crippen LogP contribution in [0.5, 0.6) is 0 Å². The predicted molar refractivity (Wildman–Crippen MR) is 95.0 cm³/mol. The van der Waals surface area contributed by atoms with E-state index >= 15 is 0 Å². The maximum absolute atomic E-state index is 12.4. The van der Waals surface area contributed by atoms with Crippen LogP contribution in [0.25, 0.3) is 0 Å². The number of carbonyl (C=O) groups excluding carboxylic acids is 2. The Morgan fingerprint density at radius 2 is 2.00 bits per heavy atom. The fourth-order valence-electron chi connectivity index (χ4n) is 2.81. The lowest BCUT2D eigenvalue weighted by molar-refractivity contribution is -0.132. The fourth-order valence-corrected chi connectivity index (χ4v) is 3.52. The third kappa shape index (κ3) is 4.77. The van der Waals surface area contributed by atoms with Gasteiger partial charge in [0, 0.05) is 44.0 Å². The van der Waals surface area contributed by atoms with E-state index in [1.54, 1.807) is 0 Å². The van der Waals surface area contributed by atoms with Gasteiger partial charge in [0.05, 0.1) is 12.1 Å². The first-order chi connectivity index (χ1) is 11.5. The van der Waals surface area contributed by atoms with Crippen molar-refractivity contribution < 1.29 is 9.59 Å². The smallest absolute Gasteiger partial charge is 0.228 e. The maximum Gasteiger partial charge on any atom is 0.228 e. The Balaban J connectivity index is 1.45. The summed E-state index contributed by atoms with van der Waals surface area (Å²) in [5.41, 5.74) is 0.740. The van der Waals surface area contributed by atoms with Crippen LogP contribution >= 0.6 is 11.3 Å². The summed E-state index contributed by atoms with van der Waals surface area (Å²) in [6, 6.07) is 0. The van der Waals surface area contributed by atoms with Gasteiger partial charge >= 0.3 is 0 Å². The molecule has 0 bridgehead atoms. The second-order valence-electron chi connectivity index (χ2n) is 7.09. The fraction of sp³-hybridized carbons (Fsp3) is 0.706. The molecule has 1 saturated heterocycles. The number of carbonyl (C=O) groups is 2. The van der Waals surface area contributed by atoms with Crippen molar-refractivity contribution in [1.82, 2.24) is 14.8 Å². The highest BCUT2D eigenvalue weighted by Gasteiger charge is 2.27. The van der Waals surface area contributed by atoms with Crippen LogP contribution in [0.1, 0.15) is 32.4 Å². The van der Waals surface area contributed by atoms with Gasteiger partial charge in [0.25, 0.3) is 0 Å². The number of rotatable bonds is 6. The molecule has 0 unspecified atom stereocenters. The van der Waals surface area contributed by atoms with Crippen molar-refractivity contribution in [3.63, 3.8) is 0 Å². The van der Waals surface area contributed by atoms with Crippen LogP contribution in [0.2, 0.25) is 0 Å². The molecule has 2 amide bonds. The molecule has 1 aliphatic carbocycles. The van der Waals surface area contributed by atoms with Gasteiger partial charge < -0.3 is 10.2 Å². The number of piperazine rings is 1. The molecule has 6 nitrogen and oxygen atoms in total. The van der Waals surface area contributed by atoms with Crippen LogP contribution in [0, 0.1) is 11.8 Å². The molecule has 3 rings (SSSR count). The van der Waals surface area contributed by atoms with Crippen LogP contribution in [0.15, 0.2) is 5.38 Å². The Bertz CT molecular complexity index is 589. The van der Waals surface area contributed by atoms with Crippen LogP contribution in [-0.2, 0) is 16.0 Å². The van der Waals surface area contributed by atoms with E-state index in [0.717, 1.165) is 37.8 Å². The normalized spacial score (nSPS) is 18.9. The van der Waals surface area contributed by atoms with E-state index in [0.29, 0.717) is 11.6 Å². The van der Waals surface area contributed by atoms with Gasteiger partial charge in [-0.1, -0.05) is 13.8 Å². The van der Waals surface area contributed by atoms with Gasteiger partial charge in [-0.2, -0.15) is 0 Å². The standard InChI is InChI=1S/C17H26N4O2S/c1-12(2)16(23)19-17-18-14(11-24-17)9-15(22)21-7-5-20(6-8-21)10-13-3-4-13/h11-13H,3-10H2,1-2H3,(H,18,19,23). The minimum absolute atomic E-state index is 0.0472. The molecule has 0 atom stereocenters. The first kappa shape index (κ1) is 17.4. The van der Waals surface area contributed by atoms with Gasteiger partial charge in [0.1, 0.15) is 0 Å². The number of hydrogen-bond donors (Lipinski definition) is 1. The van der Waals surface area contributed by atoms with E-state index in [4.69, 9.17) is 0 Å². The lowest BCUT2D eigenvalue weighted by Crippen LogP contribution is -2.49. The summed E-state index contributed by atoms with van der Waals surface area (Å²) in [4.78, 5) is 32.9. The Hall–Kier alpha value is -1.47. The van der Waals surface area contributed by atoms with Crippen LogP contribution in [0.4, 0.5) is 5.13 Å².